The van der Waals surface area contributed by atoms with Gasteiger partial charge >= 0.3 is 5.97 Å². The molecule has 2 aromatic heterocycles. The first-order valence-corrected chi connectivity index (χ1v) is 11.5. The number of carboxylic acids is 1. The first-order valence-electron chi connectivity index (χ1n) is 10.6. The minimum Gasteiger partial charge on any atom is -0.477 e. The monoisotopic (exact) mass is 480 g/mol. The highest BCUT2D eigenvalue weighted by atomic mass is 32.2. The number of anilines is 1. The number of β-lactam (4-membered cyclic amide) rings is 1. The third-order valence-electron chi connectivity index (χ3n) is 5.63. The molecule has 0 radical (unpaired) electrons. The third kappa shape index (κ3) is 4.24. The number of carbonyl (C=O) groups excluding carboxylic acids is 1. The maximum Gasteiger partial charge on any atom is 0.352 e. The lowest BCUT2D eigenvalue weighted by molar-refractivity contribution is -0.688. The number of hydrogen-bond donors (Lipinski definition) is 2. The van der Waals surface area contributed by atoms with Gasteiger partial charge in [-0.25, -0.2) is 14.0 Å². The lowest BCUT2D eigenvalue weighted by Crippen LogP contribution is -2.70. The van der Waals surface area contributed by atoms with Crippen LogP contribution in [0, 0.1) is 0 Å². The van der Waals surface area contributed by atoms with Crippen LogP contribution in [-0.2, 0) is 27.9 Å². The molecule has 0 bridgehead atoms. The van der Waals surface area contributed by atoms with Gasteiger partial charge in [0.2, 0.25) is 5.16 Å². The fraction of sp³-hybridized carbons (Fsp3) is 0.273. The Bertz CT molecular complexity index is 1250. The number of carboxylic acid groups (broad SMARTS) is 1. The van der Waals surface area contributed by atoms with E-state index < -0.39 is 18.2 Å². The minimum absolute atomic E-state index is 0.0318. The number of nitrogens with zero attached hydrogens (tertiary/aromatic N) is 6. The summed E-state index contributed by atoms with van der Waals surface area (Å²) in [5.74, 6) is -1.20. The van der Waals surface area contributed by atoms with E-state index in [1.54, 1.807) is 7.05 Å². The van der Waals surface area contributed by atoms with Gasteiger partial charge in [0.15, 0.2) is 31.2 Å². The fourth-order valence-electron chi connectivity index (χ4n) is 3.92. The SMILES string of the molecule is Cn1nnnc1SCC1=C(C(=O)O)N2C(=O)[C@@H](Nc3cc[n+](Cc4ccccc4)cc3)C2OC1. The number of rotatable bonds is 8. The van der Waals surface area contributed by atoms with Crippen molar-refractivity contribution >= 4 is 29.3 Å². The van der Waals surface area contributed by atoms with Crippen LogP contribution in [0.1, 0.15) is 5.56 Å². The van der Waals surface area contributed by atoms with E-state index in [0.29, 0.717) is 16.5 Å². The molecule has 1 aromatic carbocycles. The van der Waals surface area contributed by atoms with E-state index in [1.165, 1.54) is 26.9 Å². The van der Waals surface area contributed by atoms with Crippen molar-refractivity contribution in [2.45, 2.75) is 24.0 Å². The molecule has 0 aliphatic carbocycles. The molecule has 34 heavy (non-hydrogen) atoms. The average Bonchev–Trinajstić information content (AvgIpc) is 3.26. The quantitative estimate of drug-likeness (QED) is 0.272. The predicted molar refractivity (Wildman–Crippen MR) is 120 cm³/mol. The maximum atomic E-state index is 12.9. The molecule has 3 aromatic rings. The Hall–Kier alpha value is -3.77. The van der Waals surface area contributed by atoms with Crippen molar-refractivity contribution < 1.29 is 24.0 Å². The predicted octanol–water partition coefficient (Wildman–Crippen LogP) is 0.656. The summed E-state index contributed by atoms with van der Waals surface area (Å²) in [7, 11) is 1.70. The van der Waals surface area contributed by atoms with Crippen LogP contribution >= 0.6 is 11.8 Å². The molecule has 2 aliphatic rings. The number of hydrogen-bond acceptors (Lipinski definition) is 8. The molecular weight excluding hydrogens is 458 g/mol. The zero-order valence-corrected chi connectivity index (χ0v) is 19.1. The van der Waals surface area contributed by atoms with Gasteiger partial charge in [-0.3, -0.25) is 9.69 Å². The van der Waals surface area contributed by atoms with Gasteiger partial charge in [0.05, 0.1) is 6.61 Å². The Kier molecular flexibility index (Phi) is 5.99. The second-order valence-electron chi connectivity index (χ2n) is 7.91. The fourth-order valence-corrected chi connectivity index (χ4v) is 4.76. The largest absolute Gasteiger partial charge is 0.477 e. The van der Waals surface area contributed by atoms with E-state index in [4.69, 9.17) is 4.74 Å². The number of benzene rings is 1. The number of aryl methyl sites for hydroxylation is 1. The minimum atomic E-state index is -1.16. The molecule has 11 nitrogen and oxygen atoms in total. The van der Waals surface area contributed by atoms with Crippen LogP contribution in [0.4, 0.5) is 5.69 Å². The topological polar surface area (TPSA) is 126 Å². The molecule has 1 unspecified atom stereocenters. The summed E-state index contributed by atoms with van der Waals surface area (Å²) < 4.78 is 9.40. The van der Waals surface area contributed by atoms with E-state index in [9.17, 15) is 14.7 Å². The van der Waals surface area contributed by atoms with E-state index >= 15 is 0 Å². The maximum absolute atomic E-state index is 12.9. The Labute approximate surface area is 199 Å². The first kappa shape index (κ1) is 22.0. The number of nitrogens with one attached hydrogen (secondary N) is 1. The smallest absolute Gasteiger partial charge is 0.352 e. The standard InChI is InChI=1S/C22H21N7O4S/c1-27-22(24-25-26-27)34-13-15-12-33-20-17(19(30)29(20)18(15)21(31)32)23-16-7-9-28(10-8-16)11-14-5-3-2-4-6-14/h2-10,17,20H,11-13H2,1H3,(H,31,32)/p+1/t17-,20?/m1/s1. The molecule has 4 heterocycles. The summed E-state index contributed by atoms with van der Waals surface area (Å²) in [4.78, 5) is 26.1. The molecule has 0 spiro atoms. The number of pyridine rings is 1. The van der Waals surface area contributed by atoms with Crippen molar-refractivity contribution in [3.05, 3.63) is 71.7 Å². The van der Waals surface area contributed by atoms with Crippen LogP contribution in [-0.4, -0.2) is 66.7 Å². The summed E-state index contributed by atoms with van der Waals surface area (Å²) in [5, 5.41) is 24.7. The van der Waals surface area contributed by atoms with Crippen molar-refractivity contribution in [1.82, 2.24) is 25.1 Å². The summed E-state index contributed by atoms with van der Waals surface area (Å²) in [5.41, 5.74) is 2.41. The molecule has 1 fully saturated rings. The number of carbonyl (C=O) groups is 2. The molecule has 1 amide bonds. The van der Waals surface area contributed by atoms with Gasteiger partial charge < -0.3 is 15.2 Å². The highest BCUT2D eigenvalue weighted by Crippen LogP contribution is 2.35. The van der Waals surface area contributed by atoms with Gasteiger partial charge in [-0.1, -0.05) is 42.1 Å². The molecule has 0 saturated carbocycles. The van der Waals surface area contributed by atoms with Gasteiger partial charge in [-0.2, -0.15) is 0 Å². The number of amides is 1. The lowest BCUT2D eigenvalue weighted by atomic mass is 9.99. The van der Waals surface area contributed by atoms with Gasteiger partial charge in [0.25, 0.3) is 5.91 Å². The van der Waals surface area contributed by atoms with Crippen LogP contribution in [0.15, 0.2) is 71.3 Å². The Balaban J connectivity index is 1.25. The summed E-state index contributed by atoms with van der Waals surface area (Å²) in [6.45, 7) is 0.847. The Morgan fingerprint density at radius 2 is 2.03 bits per heavy atom. The van der Waals surface area contributed by atoms with Gasteiger partial charge in [-0.15, -0.1) is 5.10 Å². The number of aliphatic carboxylic acids is 1. The zero-order valence-electron chi connectivity index (χ0n) is 18.2. The van der Waals surface area contributed by atoms with Gasteiger partial charge in [0.1, 0.15) is 5.70 Å². The second-order valence-corrected chi connectivity index (χ2v) is 8.85. The molecule has 174 valence electrons. The van der Waals surface area contributed by atoms with Crippen LogP contribution < -0.4 is 9.88 Å². The molecule has 2 atom stereocenters. The van der Waals surface area contributed by atoms with E-state index in [2.05, 4.69) is 33.0 Å². The zero-order chi connectivity index (χ0) is 23.7. The van der Waals surface area contributed by atoms with Crippen LogP contribution in [0.25, 0.3) is 0 Å². The highest BCUT2D eigenvalue weighted by molar-refractivity contribution is 7.99. The van der Waals surface area contributed by atoms with Crippen molar-refractivity contribution in [3.63, 3.8) is 0 Å². The van der Waals surface area contributed by atoms with Crippen LogP contribution in [0.3, 0.4) is 0 Å². The van der Waals surface area contributed by atoms with E-state index in [-0.39, 0.29) is 18.2 Å². The molecular formula is C22H22N7O4S+. The number of tetrazole rings is 1. The number of fused-ring (bicyclic) bond motifs is 1. The van der Waals surface area contributed by atoms with Crippen molar-refractivity contribution in [2.24, 2.45) is 7.05 Å². The molecule has 5 rings (SSSR count). The van der Waals surface area contributed by atoms with Crippen molar-refractivity contribution in [2.75, 3.05) is 17.7 Å². The molecule has 12 heteroatoms. The number of ether oxygens (including phenoxy) is 1. The second kappa shape index (κ2) is 9.23. The van der Waals surface area contributed by atoms with Gasteiger partial charge in [0, 0.05) is 36.2 Å². The van der Waals surface area contributed by atoms with E-state index in [1.807, 2.05) is 47.3 Å². The average molecular weight is 481 g/mol. The number of thioether (sulfide) groups is 1. The van der Waals surface area contributed by atoms with Crippen LogP contribution in [0.5, 0.6) is 0 Å². The third-order valence-corrected chi connectivity index (χ3v) is 6.72. The summed E-state index contributed by atoms with van der Waals surface area (Å²) >= 11 is 1.28. The first-order chi connectivity index (χ1) is 16.5. The molecule has 2 aliphatic heterocycles. The molecule has 2 N–H and O–H groups in total. The normalized spacial score (nSPS) is 19.6. The van der Waals surface area contributed by atoms with Gasteiger partial charge in [-0.05, 0) is 16.0 Å². The van der Waals surface area contributed by atoms with E-state index in [0.717, 1.165) is 12.2 Å². The van der Waals surface area contributed by atoms with Crippen molar-refractivity contribution in [1.29, 1.82) is 0 Å². The Morgan fingerprint density at radius 3 is 2.71 bits per heavy atom. The Morgan fingerprint density at radius 1 is 1.26 bits per heavy atom. The summed E-state index contributed by atoms with van der Waals surface area (Å²) in [6.07, 6.45) is 3.18. The lowest BCUT2D eigenvalue weighted by Gasteiger charge is -2.49. The molecule has 1 saturated heterocycles. The highest BCUT2D eigenvalue weighted by Gasteiger charge is 2.54. The van der Waals surface area contributed by atoms with Crippen molar-refractivity contribution in [3.8, 4) is 0 Å². The number of aromatic nitrogens is 5. The van der Waals surface area contributed by atoms with Crippen LogP contribution in [0.2, 0.25) is 0 Å². The summed E-state index contributed by atoms with van der Waals surface area (Å²) in [6, 6.07) is 13.2.